The summed E-state index contributed by atoms with van der Waals surface area (Å²) in [7, 11) is 0. The molecule has 3 N–H and O–H groups in total. The second-order valence-corrected chi connectivity index (χ2v) is 5.67. The van der Waals surface area contributed by atoms with Gasteiger partial charge in [0, 0.05) is 5.56 Å². The summed E-state index contributed by atoms with van der Waals surface area (Å²) in [6, 6.07) is 12.8. The minimum atomic E-state index is -0.573. The number of rotatable bonds is 5. The number of hydrogen-bond acceptors (Lipinski definition) is 2. The number of carbonyl (C=O) groups is 2. The van der Waals surface area contributed by atoms with Crippen molar-refractivity contribution in [3.05, 3.63) is 48.0 Å². The maximum absolute atomic E-state index is 12.3. The summed E-state index contributed by atoms with van der Waals surface area (Å²) < 4.78 is 0. The summed E-state index contributed by atoms with van der Waals surface area (Å²) in [5, 5.41) is 4.84. The fraction of sp³-hybridized carbons (Fsp3) is 0.294. The van der Waals surface area contributed by atoms with Crippen molar-refractivity contribution in [3.8, 4) is 0 Å². The molecule has 1 aliphatic carbocycles. The maximum atomic E-state index is 12.3. The first kappa shape index (κ1) is 13.6. The molecule has 0 saturated heterocycles. The smallest absolute Gasteiger partial charge is 0.251 e. The van der Waals surface area contributed by atoms with E-state index in [2.05, 4.69) is 5.32 Å². The van der Waals surface area contributed by atoms with Gasteiger partial charge in [-0.25, -0.2) is 0 Å². The average molecular weight is 282 g/mol. The molecule has 0 heterocycles. The molecule has 2 amide bonds. The monoisotopic (exact) mass is 282 g/mol. The minimum absolute atomic E-state index is 0.245. The summed E-state index contributed by atoms with van der Waals surface area (Å²) >= 11 is 0. The van der Waals surface area contributed by atoms with Gasteiger partial charge in [0.2, 0.25) is 5.91 Å². The van der Waals surface area contributed by atoms with Gasteiger partial charge in [0.15, 0.2) is 0 Å². The molecule has 4 nitrogen and oxygen atoms in total. The number of fused-ring (bicyclic) bond motifs is 1. The fourth-order valence-corrected chi connectivity index (χ4v) is 2.51. The molecule has 0 aromatic heterocycles. The van der Waals surface area contributed by atoms with Gasteiger partial charge in [-0.15, -0.1) is 0 Å². The van der Waals surface area contributed by atoms with Crippen LogP contribution in [0.4, 0.5) is 0 Å². The largest absolute Gasteiger partial charge is 0.368 e. The zero-order valence-corrected chi connectivity index (χ0v) is 11.7. The van der Waals surface area contributed by atoms with Crippen LogP contribution in [-0.4, -0.2) is 17.9 Å². The first-order valence-corrected chi connectivity index (χ1v) is 7.22. The Morgan fingerprint density at radius 1 is 1.14 bits per heavy atom. The highest BCUT2D eigenvalue weighted by Gasteiger charge is 2.29. The molecule has 21 heavy (non-hydrogen) atoms. The molecule has 1 saturated carbocycles. The van der Waals surface area contributed by atoms with Crippen LogP contribution in [0.15, 0.2) is 42.5 Å². The molecule has 108 valence electrons. The number of amides is 2. The Kier molecular flexibility index (Phi) is 3.60. The van der Waals surface area contributed by atoms with E-state index in [4.69, 9.17) is 5.73 Å². The van der Waals surface area contributed by atoms with E-state index in [0.29, 0.717) is 17.9 Å². The second kappa shape index (κ2) is 5.56. The Balaban J connectivity index is 1.77. The molecule has 0 unspecified atom stereocenters. The summed E-state index contributed by atoms with van der Waals surface area (Å²) in [5.74, 6) is -0.180. The van der Waals surface area contributed by atoms with Crippen molar-refractivity contribution in [2.45, 2.75) is 25.3 Å². The van der Waals surface area contributed by atoms with Gasteiger partial charge in [0.1, 0.15) is 6.04 Å². The highest BCUT2D eigenvalue weighted by Crippen LogP contribution is 2.33. The van der Waals surface area contributed by atoms with Crippen molar-refractivity contribution in [2.75, 3.05) is 0 Å². The normalized spacial score (nSPS) is 15.6. The Morgan fingerprint density at radius 3 is 2.52 bits per heavy atom. The Labute approximate surface area is 123 Å². The van der Waals surface area contributed by atoms with Gasteiger partial charge in [-0.05, 0) is 35.2 Å². The maximum Gasteiger partial charge on any atom is 0.251 e. The summed E-state index contributed by atoms with van der Waals surface area (Å²) in [6.07, 6.45) is 2.89. The van der Waals surface area contributed by atoms with Crippen molar-refractivity contribution in [2.24, 2.45) is 11.7 Å². The first-order chi connectivity index (χ1) is 10.1. The Bertz CT molecular complexity index is 692. The molecule has 3 rings (SSSR count). The van der Waals surface area contributed by atoms with Gasteiger partial charge < -0.3 is 11.1 Å². The lowest BCUT2D eigenvalue weighted by atomic mass is 10.1. The van der Waals surface area contributed by atoms with Crippen LogP contribution in [0.5, 0.6) is 0 Å². The second-order valence-electron chi connectivity index (χ2n) is 5.67. The molecule has 0 radical (unpaired) electrons. The molecule has 1 aliphatic rings. The summed E-state index contributed by atoms with van der Waals surface area (Å²) in [5.41, 5.74) is 5.93. The van der Waals surface area contributed by atoms with Crippen LogP contribution in [0.3, 0.4) is 0 Å². The van der Waals surface area contributed by atoms with Crippen molar-refractivity contribution < 1.29 is 9.59 Å². The van der Waals surface area contributed by atoms with E-state index >= 15 is 0 Å². The topological polar surface area (TPSA) is 72.2 Å². The number of benzene rings is 2. The molecule has 2 aromatic carbocycles. The van der Waals surface area contributed by atoms with Crippen molar-refractivity contribution in [3.63, 3.8) is 0 Å². The average Bonchev–Trinajstić information content (AvgIpc) is 3.30. The van der Waals surface area contributed by atoms with Crippen LogP contribution >= 0.6 is 0 Å². The summed E-state index contributed by atoms with van der Waals surface area (Å²) in [6.45, 7) is 0. The number of hydrogen-bond donors (Lipinski definition) is 2. The molecule has 2 aromatic rings. The van der Waals surface area contributed by atoms with Gasteiger partial charge in [-0.1, -0.05) is 43.2 Å². The van der Waals surface area contributed by atoms with E-state index in [1.54, 1.807) is 6.07 Å². The van der Waals surface area contributed by atoms with Crippen LogP contribution in [0.25, 0.3) is 10.8 Å². The first-order valence-electron chi connectivity index (χ1n) is 7.22. The molecule has 0 aliphatic heterocycles. The standard InChI is InChI=1S/C17H18N2O2/c18-16(20)15(9-11-5-6-11)19-17(21)14-8-7-12-3-1-2-4-13(12)10-14/h1-4,7-8,10-11,15H,5-6,9H2,(H2,18,20)(H,19,21)/t15-/m1/s1. The fourth-order valence-electron chi connectivity index (χ4n) is 2.51. The molecule has 1 atom stereocenters. The van der Waals surface area contributed by atoms with Crippen molar-refractivity contribution in [1.82, 2.24) is 5.32 Å². The molecule has 0 spiro atoms. The zero-order chi connectivity index (χ0) is 14.8. The van der Waals surface area contributed by atoms with E-state index in [1.165, 1.54) is 0 Å². The predicted octanol–water partition coefficient (Wildman–Crippen LogP) is 2.22. The lowest BCUT2D eigenvalue weighted by Gasteiger charge is -2.15. The van der Waals surface area contributed by atoms with Crippen LogP contribution < -0.4 is 11.1 Å². The molecule has 0 bridgehead atoms. The van der Waals surface area contributed by atoms with Gasteiger partial charge in [-0.3, -0.25) is 9.59 Å². The third-order valence-corrected chi connectivity index (χ3v) is 3.93. The SMILES string of the molecule is NC(=O)[C@@H](CC1CC1)NC(=O)c1ccc2ccccc2c1. The predicted molar refractivity (Wildman–Crippen MR) is 81.7 cm³/mol. The quantitative estimate of drug-likeness (QED) is 0.882. The highest BCUT2D eigenvalue weighted by atomic mass is 16.2. The number of carbonyl (C=O) groups excluding carboxylic acids is 2. The van der Waals surface area contributed by atoms with E-state index < -0.39 is 11.9 Å². The van der Waals surface area contributed by atoms with E-state index in [9.17, 15) is 9.59 Å². The third-order valence-electron chi connectivity index (χ3n) is 3.93. The lowest BCUT2D eigenvalue weighted by molar-refractivity contribution is -0.120. The number of nitrogens with one attached hydrogen (secondary N) is 1. The molecular weight excluding hydrogens is 264 g/mol. The van der Waals surface area contributed by atoms with Gasteiger partial charge >= 0.3 is 0 Å². The van der Waals surface area contributed by atoms with Gasteiger partial charge in [0.25, 0.3) is 5.91 Å². The van der Waals surface area contributed by atoms with Gasteiger partial charge in [-0.2, -0.15) is 0 Å². The van der Waals surface area contributed by atoms with E-state index in [-0.39, 0.29) is 5.91 Å². The van der Waals surface area contributed by atoms with Crippen LogP contribution in [-0.2, 0) is 4.79 Å². The van der Waals surface area contributed by atoms with Crippen molar-refractivity contribution >= 4 is 22.6 Å². The van der Waals surface area contributed by atoms with Gasteiger partial charge in [0.05, 0.1) is 0 Å². The van der Waals surface area contributed by atoms with Crippen LogP contribution in [0.2, 0.25) is 0 Å². The summed E-state index contributed by atoms with van der Waals surface area (Å²) in [4.78, 5) is 23.7. The number of primary amides is 1. The zero-order valence-electron chi connectivity index (χ0n) is 11.7. The Hall–Kier alpha value is -2.36. The van der Waals surface area contributed by atoms with Crippen LogP contribution in [0, 0.1) is 5.92 Å². The lowest BCUT2D eigenvalue weighted by Crippen LogP contribution is -2.44. The molecular formula is C17H18N2O2. The number of nitrogens with two attached hydrogens (primary N) is 1. The Morgan fingerprint density at radius 2 is 1.86 bits per heavy atom. The molecule has 4 heteroatoms. The highest BCUT2D eigenvalue weighted by molar-refractivity contribution is 6.00. The van der Waals surface area contributed by atoms with E-state index in [1.807, 2.05) is 36.4 Å². The third kappa shape index (κ3) is 3.21. The van der Waals surface area contributed by atoms with E-state index in [0.717, 1.165) is 23.6 Å². The van der Waals surface area contributed by atoms with Crippen molar-refractivity contribution in [1.29, 1.82) is 0 Å². The minimum Gasteiger partial charge on any atom is -0.368 e. The molecule has 1 fully saturated rings. The van der Waals surface area contributed by atoms with Crippen LogP contribution in [0.1, 0.15) is 29.6 Å².